The van der Waals surface area contributed by atoms with Crippen LogP contribution in [0.15, 0.2) is 146 Å². The summed E-state index contributed by atoms with van der Waals surface area (Å²) < 4.78 is 2.29. The van der Waals surface area contributed by atoms with Gasteiger partial charge in [0.15, 0.2) is 0 Å². The van der Waals surface area contributed by atoms with Crippen molar-refractivity contribution in [3.8, 4) is 67.5 Å². The summed E-state index contributed by atoms with van der Waals surface area (Å²) >= 11 is 0. The molecule has 8 aromatic rings. The quantitative estimate of drug-likeness (QED) is 0.182. The maximum Gasteiger partial charge on any atom is 0.149 e. The maximum absolute atomic E-state index is 12.5. The summed E-state index contributed by atoms with van der Waals surface area (Å²) in [5.41, 5.74) is 15.9. The van der Waals surface area contributed by atoms with E-state index in [2.05, 4.69) is 221 Å². The molecular weight excluding hydrogens is 755 g/mol. The highest BCUT2D eigenvalue weighted by Crippen LogP contribution is 2.46. The van der Waals surface area contributed by atoms with Gasteiger partial charge in [0.1, 0.15) is 11.6 Å². The molecule has 0 aliphatic carbocycles. The molecule has 0 bridgehead atoms. The predicted octanol–water partition coefficient (Wildman–Crippen LogP) is 15.7. The lowest BCUT2D eigenvalue weighted by Gasteiger charge is -2.28. The molecule has 62 heavy (non-hydrogen) atoms. The molecule has 2 heterocycles. The van der Waals surface area contributed by atoms with Crippen LogP contribution >= 0.6 is 0 Å². The Kier molecular flexibility index (Phi) is 10.7. The number of hydrogen-bond acceptors (Lipinski definition) is 3. The lowest BCUT2D eigenvalue weighted by molar-refractivity contribution is 0.446. The molecule has 0 fully saturated rings. The summed E-state index contributed by atoms with van der Waals surface area (Å²) in [5, 5.41) is 12.5. The SMILES string of the molecule is CC(C)(C)c1cc(-c2cc(-c3ccccc3)ccn2)cc(-c2cccc3c2nc(-c2cc(C(C)(C)C)cc(C(C)(C)C)c2O)n3-c2ccc(C(C)(C)C)cc2-c2ccccc2)c1. The Labute approximate surface area is 369 Å². The third kappa shape index (κ3) is 8.23. The molecule has 0 saturated carbocycles. The highest BCUT2D eigenvalue weighted by Gasteiger charge is 2.30. The molecule has 0 aliphatic rings. The summed E-state index contributed by atoms with van der Waals surface area (Å²) in [5.74, 6) is 0.962. The fraction of sp³-hybridized carbons (Fsp3) is 0.276. The van der Waals surface area contributed by atoms with Gasteiger partial charge in [0, 0.05) is 28.5 Å². The molecule has 4 nitrogen and oxygen atoms in total. The standard InChI is InChI=1S/C58H61N3O/c1-55(2,3)42-26-27-50(46(34-42)38-22-17-14-18-23-38)61-51-25-19-24-45(52(51)60-54(61)47-35-44(57(7,8)9)36-48(53(47)62)58(10,11)12)40-30-41(32-43(31-40)56(4,5)6)49-33-39(28-29-59-49)37-20-15-13-16-21-37/h13-36,62H,1-12H3. The van der Waals surface area contributed by atoms with Gasteiger partial charge in [-0.1, -0.05) is 174 Å². The molecule has 2 aromatic heterocycles. The van der Waals surface area contributed by atoms with Gasteiger partial charge in [0.25, 0.3) is 0 Å². The zero-order chi connectivity index (χ0) is 44.4. The Bertz CT molecular complexity index is 2930. The van der Waals surface area contributed by atoms with Crippen molar-refractivity contribution >= 4 is 11.0 Å². The van der Waals surface area contributed by atoms with Gasteiger partial charge in [-0.3, -0.25) is 9.55 Å². The summed E-state index contributed by atoms with van der Waals surface area (Å²) in [6.07, 6.45) is 1.91. The van der Waals surface area contributed by atoms with Crippen molar-refractivity contribution in [2.24, 2.45) is 0 Å². The van der Waals surface area contributed by atoms with Crippen molar-refractivity contribution in [1.82, 2.24) is 14.5 Å². The zero-order valence-electron chi connectivity index (χ0n) is 38.6. The van der Waals surface area contributed by atoms with Crippen molar-refractivity contribution in [3.05, 3.63) is 168 Å². The number of rotatable bonds is 6. The number of fused-ring (bicyclic) bond motifs is 1. The summed E-state index contributed by atoms with van der Waals surface area (Å²) in [6, 6.07) is 50.0. The molecule has 6 aromatic carbocycles. The summed E-state index contributed by atoms with van der Waals surface area (Å²) in [7, 11) is 0. The first kappa shape index (κ1) is 42.4. The first-order valence-electron chi connectivity index (χ1n) is 22.0. The van der Waals surface area contributed by atoms with Gasteiger partial charge in [-0.15, -0.1) is 0 Å². The van der Waals surface area contributed by atoms with Gasteiger partial charge in [-0.2, -0.15) is 0 Å². The van der Waals surface area contributed by atoms with Crippen molar-refractivity contribution < 1.29 is 5.11 Å². The smallest absolute Gasteiger partial charge is 0.149 e. The number of phenolic OH excluding ortho intramolecular Hbond substituents is 1. The molecule has 0 saturated heterocycles. The Hall–Kier alpha value is -6.26. The van der Waals surface area contributed by atoms with E-state index >= 15 is 0 Å². The third-order valence-corrected chi connectivity index (χ3v) is 12.2. The Morgan fingerprint density at radius 1 is 0.435 bits per heavy atom. The van der Waals surface area contributed by atoms with E-state index in [1.165, 1.54) is 11.1 Å². The Balaban J connectivity index is 1.47. The molecule has 8 rings (SSSR count). The average molecular weight is 816 g/mol. The molecule has 0 aliphatic heterocycles. The molecule has 314 valence electrons. The van der Waals surface area contributed by atoms with E-state index in [1.807, 2.05) is 12.3 Å². The van der Waals surface area contributed by atoms with Crippen LogP contribution < -0.4 is 0 Å². The van der Waals surface area contributed by atoms with Crippen molar-refractivity contribution in [1.29, 1.82) is 0 Å². The van der Waals surface area contributed by atoms with E-state index in [0.717, 1.165) is 78.0 Å². The van der Waals surface area contributed by atoms with Crippen LogP contribution in [0.25, 0.3) is 72.7 Å². The number of phenols is 1. The van der Waals surface area contributed by atoms with E-state index in [9.17, 15) is 5.11 Å². The van der Waals surface area contributed by atoms with Crippen LogP contribution in [0, 0.1) is 0 Å². The predicted molar refractivity (Wildman–Crippen MR) is 263 cm³/mol. The van der Waals surface area contributed by atoms with Gasteiger partial charge < -0.3 is 5.11 Å². The lowest BCUT2D eigenvalue weighted by atomic mass is 9.79. The first-order chi connectivity index (χ1) is 29.2. The Morgan fingerprint density at radius 3 is 1.66 bits per heavy atom. The molecular formula is C58H61N3O. The third-order valence-electron chi connectivity index (χ3n) is 12.2. The fourth-order valence-corrected chi connectivity index (χ4v) is 8.38. The van der Waals surface area contributed by atoms with Gasteiger partial charge in [-0.25, -0.2) is 4.98 Å². The van der Waals surface area contributed by atoms with Crippen LogP contribution in [-0.2, 0) is 21.7 Å². The van der Waals surface area contributed by atoms with Crippen molar-refractivity contribution in [3.63, 3.8) is 0 Å². The van der Waals surface area contributed by atoms with Crippen LogP contribution in [0.4, 0.5) is 0 Å². The normalized spacial score (nSPS) is 12.6. The minimum absolute atomic E-state index is 0.0682. The second kappa shape index (κ2) is 15.6. The van der Waals surface area contributed by atoms with E-state index in [4.69, 9.17) is 9.97 Å². The summed E-state index contributed by atoms with van der Waals surface area (Å²) in [4.78, 5) is 10.6. The highest BCUT2D eigenvalue weighted by atomic mass is 16.3. The maximum atomic E-state index is 12.5. The molecule has 1 N–H and O–H groups in total. The number of nitrogens with zero attached hydrogens (tertiary/aromatic N) is 3. The zero-order valence-corrected chi connectivity index (χ0v) is 38.6. The highest BCUT2D eigenvalue weighted by molar-refractivity contribution is 5.98. The average Bonchev–Trinajstić information content (AvgIpc) is 3.62. The van der Waals surface area contributed by atoms with E-state index in [-0.39, 0.29) is 27.4 Å². The number of aromatic nitrogens is 3. The largest absolute Gasteiger partial charge is 0.507 e. The second-order valence-corrected chi connectivity index (χ2v) is 21.1. The first-order valence-corrected chi connectivity index (χ1v) is 22.0. The second-order valence-electron chi connectivity index (χ2n) is 21.1. The van der Waals surface area contributed by atoms with Gasteiger partial charge in [0.05, 0.1) is 28.0 Å². The van der Waals surface area contributed by atoms with Crippen LogP contribution in [-0.4, -0.2) is 19.6 Å². The topological polar surface area (TPSA) is 50.9 Å². The lowest BCUT2D eigenvalue weighted by Crippen LogP contribution is -2.17. The Morgan fingerprint density at radius 2 is 1.03 bits per heavy atom. The minimum atomic E-state index is -0.318. The van der Waals surface area contributed by atoms with Gasteiger partial charge in [-0.05, 0) is 109 Å². The number of benzene rings is 6. The number of hydrogen-bond donors (Lipinski definition) is 1. The van der Waals surface area contributed by atoms with E-state index in [0.29, 0.717) is 5.82 Å². The molecule has 0 radical (unpaired) electrons. The van der Waals surface area contributed by atoms with Crippen molar-refractivity contribution in [2.45, 2.75) is 105 Å². The number of aromatic hydroxyl groups is 1. The van der Waals surface area contributed by atoms with Crippen LogP contribution in [0.1, 0.15) is 105 Å². The molecule has 0 amide bonds. The number of para-hydroxylation sites is 1. The van der Waals surface area contributed by atoms with Gasteiger partial charge >= 0.3 is 0 Å². The van der Waals surface area contributed by atoms with E-state index < -0.39 is 0 Å². The van der Waals surface area contributed by atoms with Crippen LogP contribution in [0.5, 0.6) is 5.75 Å². The molecule has 0 unspecified atom stereocenters. The number of pyridine rings is 1. The summed E-state index contributed by atoms with van der Waals surface area (Å²) in [6.45, 7) is 26.8. The van der Waals surface area contributed by atoms with E-state index in [1.54, 1.807) is 0 Å². The minimum Gasteiger partial charge on any atom is -0.507 e. The molecule has 0 spiro atoms. The molecule has 0 atom stereocenters. The monoisotopic (exact) mass is 815 g/mol. The van der Waals surface area contributed by atoms with Crippen LogP contribution in [0.3, 0.4) is 0 Å². The fourth-order valence-electron chi connectivity index (χ4n) is 8.38. The number of imidazole rings is 1. The van der Waals surface area contributed by atoms with Crippen molar-refractivity contribution in [2.75, 3.05) is 0 Å². The van der Waals surface area contributed by atoms with Gasteiger partial charge in [0.2, 0.25) is 0 Å². The van der Waals surface area contributed by atoms with Crippen LogP contribution in [0.2, 0.25) is 0 Å². The molecule has 4 heteroatoms.